The summed E-state index contributed by atoms with van der Waals surface area (Å²) in [7, 11) is 1.76. The number of aryl methyl sites for hydroxylation is 1. The fourth-order valence-corrected chi connectivity index (χ4v) is 2.32. The molecule has 0 radical (unpaired) electrons. The van der Waals surface area contributed by atoms with E-state index in [1.807, 2.05) is 6.07 Å². The Labute approximate surface area is 133 Å². The monoisotopic (exact) mass is 308 g/mol. The van der Waals surface area contributed by atoms with Crippen molar-refractivity contribution in [2.45, 2.75) is 40.3 Å². The number of hydrogen-bond acceptors (Lipinski definition) is 2. The van der Waals surface area contributed by atoms with Gasteiger partial charge in [0.2, 0.25) is 0 Å². The molecule has 0 saturated carbocycles. The maximum atomic E-state index is 13.2. The van der Waals surface area contributed by atoms with Crippen LogP contribution in [0, 0.1) is 12.7 Å². The molecule has 0 heterocycles. The third-order valence-electron chi connectivity index (χ3n) is 3.73. The Bertz CT molecular complexity index is 486. The summed E-state index contributed by atoms with van der Waals surface area (Å²) in [6.07, 6.45) is 0. The molecule has 0 aromatic heterocycles. The molecule has 22 heavy (non-hydrogen) atoms. The summed E-state index contributed by atoms with van der Waals surface area (Å²) >= 11 is 0. The number of rotatable bonds is 7. The molecule has 0 aliphatic carbocycles. The van der Waals surface area contributed by atoms with E-state index in [-0.39, 0.29) is 5.82 Å². The van der Waals surface area contributed by atoms with Crippen molar-refractivity contribution in [1.82, 2.24) is 15.5 Å². The number of likely N-dealkylation sites (N-methyl/N-ethyl adjacent to an activating group) is 1. The van der Waals surface area contributed by atoms with Crippen molar-refractivity contribution in [2.75, 3.05) is 26.7 Å². The molecular weight excluding hydrogens is 279 g/mol. The first-order valence-corrected chi connectivity index (χ1v) is 7.91. The Morgan fingerprint density at radius 2 is 2.05 bits per heavy atom. The molecule has 1 aromatic carbocycles. The van der Waals surface area contributed by atoms with Crippen LogP contribution in [0.5, 0.6) is 0 Å². The lowest BCUT2D eigenvalue weighted by atomic mass is 10.1. The molecule has 4 nitrogen and oxygen atoms in total. The predicted octanol–water partition coefficient (Wildman–Crippen LogP) is 2.53. The van der Waals surface area contributed by atoms with E-state index in [2.05, 4.69) is 41.3 Å². The smallest absolute Gasteiger partial charge is 0.191 e. The molecule has 0 fully saturated rings. The number of guanidine groups is 1. The molecule has 0 unspecified atom stereocenters. The highest BCUT2D eigenvalue weighted by atomic mass is 19.1. The molecule has 0 aliphatic heterocycles. The molecule has 0 bridgehead atoms. The second-order valence-corrected chi connectivity index (χ2v) is 5.66. The molecular formula is C17H29FN4. The lowest BCUT2D eigenvalue weighted by Crippen LogP contribution is -2.42. The summed E-state index contributed by atoms with van der Waals surface area (Å²) in [6.45, 7) is 11.8. The van der Waals surface area contributed by atoms with E-state index in [1.54, 1.807) is 20.0 Å². The molecule has 1 aromatic rings. The van der Waals surface area contributed by atoms with Gasteiger partial charge in [-0.25, -0.2) is 4.39 Å². The zero-order chi connectivity index (χ0) is 16.5. The van der Waals surface area contributed by atoms with Gasteiger partial charge in [0.05, 0.1) is 0 Å². The van der Waals surface area contributed by atoms with E-state index in [0.29, 0.717) is 18.2 Å². The van der Waals surface area contributed by atoms with E-state index in [4.69, 9.17) is 0 Å². The molecule has 0 atom stereocenters. The molecule has 0 amide bonds. The minimum Gasteiger partial charge on any atom is -0.355 e. The van der Waals surface area contributed by atoms with Crippen LogP contribution in [0.25, 0.3) is 0 Å². The number of benzene rings is 1. The SMILES string of the molecule is CCN(CCNC(=NC)NCc1ccc(F)c(C)c1)C(C)C. The Balaban J connectivity index is 2.41. The zero-order valence-electron chi connectivity index (χ0n) is 14.4. The quantitative estimate of drug-likeness (QED) is 0.601. The Morgan fingerprint density at radius 1 is 1.32 bits per heavy atom. The van der Waals surface area contributed by atoms with Crippen LogP contribution in [0.3, 0.4) is 0 Å². The average molecular weight is 308 g/mol. The first-order valence-electron chi connectivity index (χ1n) is 7.91. The Hall–Kier alpha value is -1.62. The molecule has 0 saturated heterocycles. The van der Waals surface area contributed by atoms with Crippen LogP contribution in [0.2, 0.25) is 0 Å². The van der Waals surface area contributed by atoms with Crippen LogP contribution < -0.4 is 10.6 Å². The van der Waals surface area contributed by atoms with Crippen molar-refractivity contribution in [3.05, 3.63) is 35.1 Å². The van der Waals surface area contributed by atoms with Crippen molar-refractivity contribution in [1.29, 1.82) is 0 Å². The van der Waals surface area contributed by atoms with Gasteiger partial charge in [-0.05, 0) is 44.5 Å². The van der Waals surface area contributed by atoms with Gasteiger partial charge in [0.1, 0.15) is 5.82 Å². The van der Waals surface area contributed by atoms with Crippen molar-refractivity contribution >= 4 is 5.96 Å². The first-order chi connectivity index (χ1) is 10.5. The predicted molar refractivity (Wildman–Crippen MR) is 91.7 cm³/mol. The number of aliphatic imine (C=N–C) groups is 1. The maximum absolute atomic E-state index is 13.2. The summed E-state index contributed by atoms with van der Waals surface area (Å²) in [6, 6.07) is 5.70. The van der Waals surface area contributed by atoms with Gasteiger partial charge in [0.25, 0.3) is 0 Å². The Morgan fingerprint density at radius 3 is 2.59 bits per heavy atom. The normalized spacial score (nSPS) is 12.1. The fraction of sp³-hybridized carbons (Fsp3) is 0.588. The van der Waals surface area contributed by atoms with Gasteiger partial charge in [0, 0.05) is 32.7 Å². The molecule has 5 heteroatoms. The minimum atomic E-state index is -0.167. The van der Waals surface area contributed by atoms with Crippen LogP contribution in [-0.4, -0.2) is 43.6 Å². The van der Waals surface area contributed by atoms with Crippen LogP contribution in [0.15, 0.2) is 23.2 Å². The van der Waals surface area contributed by atoms with Crippen LogP contribution in [0.1, 0.15) is 31.9 Å². The fourth-order valence-electron chi connectivity index (χ4n) is 2.32. The Kier molecular flexibility index (Phi) is 7.88. The van der Waals surface area contributed by atoms with Gasteiger partial charge in [-0.1, -0.05) is 19.1 Å². The minimum absolute atomic E-state index is 0.167. The zero-order valence-corrected chi connectivity index (χ0v) is 14.4. The van der Waals surface area contributed by atoms with Gasteiger partial charge >= 0.3 is 0 Å². The first kappa shape index (κ1) is 18.4. The highest BCUT2D eigenvalue weighted by Crippen LogP contribution is 2.08. The molecule has 0 aliphatic rings. The van der Waals surface area contributed by atoms with Gasteiger partial charge in [-0.3, -0.25) is 9.89 Å². The lowest BCUT2D eigenvalue weighted by Gasteiger charge is -2.25. The van der Waals surface area contributed by atoms with Gasteiger partial charge in [0.15, 0.2) is 5.96 Å². The summed E-state index contributed by atoms with van der Waals surface area (Å²) in [4.78, 5) is 6.60. The summed E-state index contributed by atoms with van der Waals surface area (Å²) in [5.41, 5.74) is 1.71. The summed E-state index contributed by atoms with van der Waals surface area (Å²) in [5, 5.41) is 6.56. The number of hydrogen-bond donors (Lipinski definition) is 2. The largest absolute Gasteiger partial charge is 0.355 e. The van der Waals surface area contributed by atoms with E-state index in [1.165, 1.54) is 6.07 Å². The van der Waals surface area contributed by atoms with Gasteiger partial charge in [-0.15, -0.1) is 0 Å². The highest BCUT2D eigenvalue weighted by Gasteiger charge is 2.06. The van der Waals surface area contributed by atoms with Crippen LogP contribution in [-0.2, 0) is 6.54 Å². The third-order valence-corrected chi connectivity index (χ3v) is 3.73. The number of nitrogens with one attached hydrogen (secondary N) is 2. The number of halogens is 1. The second-order valence-electron chi connectivity index (χ2n) is 5.66. The van der Waals surface area contributed by atoms with Crippen molar-refractivity contribution < 1.29 is 4.39 Å². The standard InChI is InChI=1S/C17H29FN4/c1-6-22(13(2)3)10-9-20-17(19-5)21-12-15-7-8-16(18)14(4)11-15/h7-8,11,13H,6,9-10,12H2,1-5H3,(H2,19,20,21). The van der Waals surface area contributed by atoms with Crippen molar-refractivity contribution in [2.24, 2.45) is 4.99 Å². The lowest BCUT2D eigenvalue weighted by molar-refractivity contribution is 0.237. The highest BCUT2D eigenvalue weighted by molar-refractivity contribution is 5.79. The molecule has 2 N–H and O–H groups in total. The van der Waals surface area contributed by atoms with Gasteiger partial charge in [-0.2, -0.15) is 0 Å². The molecule has 0 spiro atoms. The summed E-state index contributed by atoms with van der Waals surface area (Å²) in [5.74, 6) is 0.599. The van der Waals surface area contributed by atoms with E-state index in [9.17, 15) is 4.39 Å². The van der Waals surface area contributed by atoms with Crippen molar-refractivity contribution in [3.63, 3.8) is 0 Å². The molecule has 1 rings (SSSR count). The second kappa shape index (κ2) is 9.41. The van der Waals surface area contributed by atoms with Crippen LogP contribution >= 0.6 is 0 Å². The van der Waals surface area contributed by atoms with E-state index >= 15 is 0 Å². The van der Waals surface area contributed by atoms with E-state index < -0.39 is 0 Å². The number of nitrogens with zero attached hydrogens (tertiary/aromatic N) is 2. The van der Waals surface area contributed by atoms with Crippen LogP contribution in [0.4, 0.5) is 4.39 Å². The van der Waals surface area contributed by atoms with E-state index in [0.717, 1.165) is 31.2 Å². The topological polar surface area (TPSA) is 39.7 Å². The van der Waals surface area contributed by atoms with Gasteiger partial charge < -0.3 is 10.6 Å². The summed E-state index contributed by atoms with van der Waals surface area (Å²) < 4.78 is 13.2. The van der Waals surface area contributed by atoms with Crippen molar-refractivity contribution in [3.8, 4) is 0 Å². The maximum Gasteiger partial charge on any atom is 0.191 e. The molecule has 124 valence electrons. The third kappa shape index (κ3) is 6.02. The average Bonchev–Trinajstić information content (AvgIpc) is 2.49.